The Labute approximate surface area is 106 Å². The molecule has 1 aromatic carbocycles. The summed E-state index contributed by atoms with van der Waals surface area (Å²) in [6.45, 7) is 0.657. The topological polar surface area (TPSA) is 43.1 Å². The number of hydrogen-bond donors (Lipinski definition) is 1. The van der Waals surface area contributed by atoms with Crippen LogP contribution in [-0.2, 0) is 11.2 Å². The van der Waals surface area contributed by atoms with Crippen molar-refractivity contribution >= 4 is 17.4 Å². The number of hydrogen-bond acceptors (Lipinski definition) is 2. The average molecular weight is 258 g/mol. The van der Waals surface area contributed by atoms with Crippen molar-refractivity contribution in [2.24, 2.45) is 5.73 Å². The molecular formula is C13H17ClFNO. The lowest BCUT2D eigenvalue weighted by atomic mass is 10.0. The fraction of sp³-hybridized carbons (Fsp3) is 0.462. The van der Waals surface area contributed by atoms with Crippen molar-refractivity contribution in [3.63, 3.8) is 0 Å². The second kappa shape index (κ2) is 7.41. The van der Waals surface area contributed by atoms with Gasteiger partial charge in [-0.3, -0.25) is 4.79 Å². The van der Waals surface area contributed by atoms with Crippen LogP contribution >= 0.6 is 11.6 Å². The monoisotopic (exact) mass is 257 g/mol. The highest BCUT2D eigenvalue weighted by Gasteiger charge is 2.08. The molecular weight excluding hydrogens is 241 g/mol. The Morgan fingerprint density at radius 3 is 2.76 bits per heavy atom. The molecule has 0 aliphatic carbocycles. The lowest BCUT2D eigenvalue weighted by molar-refractivity contribution is -0.118. The van der Waals surface area contributed by atoms with Gasteiger partial charge in [-0.2, -0.15) is 0 Å². The van der Waals surface area contributed by atoms with Crippen molar-refractivity contribution in [3.05, 3.63) is 34.6 Å². The molecule has 0 saturated carbocycles. The first kappa shape index (κ1) is 14.1. The average Bonchev–Trinajstić information content (AvgIpc) is 2.29. The summed E-state index contributed by atoms with van der Waals surface area (Å²) >= 11 is 5.89. The van der Waals surface area contributed by atoms with E-state index < -0.39 is 0 Å². The maximum Gasteiger partial charge on any atom is 0.137 e. The van der Waals surface area contributed by atoms with E-state index >= 15 is 0 Å². The van der Waals surface area contributed by atoms with Crippen LogP contribution in [0.2, 0.25) is 5.02 Å². The Morgan fingerprint density at radius 2 is 2.06 bits per heavy atom. The molecule has 2 N–H and O–H groups in total. The molecule has 0 fully saturated rings. The van der Waals surface area contributed by atoms with Gasteiger partial charge in [-0.15, -0.1) is 0 Å². The van der Waals surface area contributed by atoms with Gasteiger partial charge in [0.15, 0.2) is 0 Å². The molecule has 0 saturated heterocycles. The molecule has 1 rings (SSSR count). The highest BCUT2D eigenvalue weighted by atomic mass is 35.5. The van der Waals surface area contributed by atoms with E-state index in [4.69, 9.17) is 17.3 Å². The molecule has 1 aromatic rings. The van der Waals surface area contributed by atoms with Crippen molar-refractivity contribution in [2.45, 2.75) is 32.1 Å². The van der Waals surface area contributed by atoms with Crippen LogP contribution in [0.15, 0.2) is 18.2 Å². The Hall–Kier alpha value is -0.930. The molecule has 0 aliphatic heterocycles. The van der Waals surface area contributed by atoms with Crippen LogP contribution in [0.3, 0.4) is 0 Å². The van der Waals surface area contributed by atoms with Gasteiger partial charge in [0.1, 0.15) is 11.6 Å². The van der Waals surface area contributed by atoms with Crippen LogP contribution in [0.25, 0.3) is 0 Å². The lowest BCUT2D eigenvalue weighted by Crippen LogP contribution is -2.04. The number of ketones is 1. The zero-order chi connectivity index (χ0) is 12.7. The minimum Gasteiger partial charge on any atom is -0.330 e. The molecule has 0 bridgehead atoms. The number of nitrogens with two attached hydrogens (primary N) is 1. The summed E-state index contributed by atoms with van der Waals surface area (Å²) < 4.78 is 13.0. The van der Waals surface area contributed by atoms with Gasteiger partial charge in [0.05, 0.1) is 0 Å². The molecule has 2 nitrogen and oxygen atoms in total. The summed E-state index contributed by atoms with van der Waals surface area (Å²) in [5.41, 5.74) is 5.93. The van der Waals surface area contributed by atoms with E-state index in [9.17, 15) is 9.18 Å². The van der Waals surface area contributed by atoms with E-state index in [0.717, 1.165) is 19.3 Å². The second-order valence-corrected chi connectivity index (χ2v) is 4.46. The Morgan fingerprint density at radius 1 is 1.29 bits per heavy atom. The molecule has 94 valence electrons. The summed E-state index contributed by atoms with van der Waals surface area (Å²) in [5, 5.41) is 0.446. The first-order valence-electron chi connectivity index (χ1n) is 5.79. The van der Waals surface area contributed by atoms with Crippen LogP contribution in [0, 0.1) is 5.82 Å². The number of benzene rings is 1. The van der Waals surface area contributed by atoms with E-state index in [1.165, 1.54) is 18.2 Å². The van der Waals surface area contributed by atoms with Gasteiger partial charge in [-0.25, -0.2) is 4.39 Å². The minimum absolute atomic E-state index is 0.0921. The van der Waals surface area contributed by atoms with Crippen LogP contribution in [0.1, 0.15) is 31.2 Å². The van der Waals surface area contributed by atoms with Crippen LogP contribution in [-0.4, -0.2) is 12.3 Å². The lowest BCUT2D eigenvalue weighted by Gasteiger charge is -2.04. The number of halogens is 2. The van der Waals surface area contributed by atoms with Crippen molar-refractivity contribution in [1.82, 2.24) is 0 Å². The number of rotatable bonds is 7. The third-order valence-corrected chi connectivity index (χ3v) is 2.92. The largest absolute Gasteiger partial charge is 0.330 e. The SMILES string of the molecule is NCCCCCC(=O)Cc1cc(F)ccc1Cl. The Bertz CT molecular complexity index is 382. The molecule has 17 heavy (non-hydrogen) atoms. The summed E-state index contributed by atoms with van der Waals surface area (Å²) in [7, 11) is 0. The molecule has 0 unspecified atom stereocenters. The van der Waals surface area contributed by atoms with Gasteiger partial charge in [-0.05, 0) is 43.1 Å². The molecule has 0 aromatic heterocycles. The highest BCUT2D eigenvalue weighted by Crippen LogP contribution is 2.18. The van der Waals surface area contributed by atoms with E-state index in [1.807, 2.05) is 0 Å². The highest BCUT2D eigenvalue weighted by molar-refractivity contribution is 6.31. The van der Waals surface area contributed by atoms with Crippen LogP contribution in [0.5, 0.6) is 0 Å². The number of carbonyl (C=O) groups excluding carboxylic acids is 1. The van der Waals surface area contributed by atoms with Gasteiger partial charge in [-0.1, -0.05) is 18.0 Å². The third-order valence-electron chi connectivity index (χ3n) is 2.56. The molecule has 0 aliphatic rings. The van der Waals surface area contributed by atoms with Gasteiger partial charge in [0, 0.05) is 17.9 Å². The zero-order valence-electron chi connectivity index (χ0n) is 9.72. The maximum atomic E-state index is 13.0. The Balaban J connectivity index is 2.42. The van der Waals surface area contributed by atoms with Crippen molar-refractivity contribution < 1.29 is 9.18 Å². The standard InChI is InChI=1S/C13H17ClFNO/c14-13-6-5-11(15)8-10(13)9-12(17)4-2-1-3-7-16/h5-6,8H,1-4,7,9,16H2. The van der Waals surface area contributed by atoms with E-state index in [2.05, 4.69) is 0 Å². The van der Waals surface area contributed by atoms with Crippen LogP contribution in [0.4, 0.5) is 4.39 Å². The van der Waals surface area contributed by atoms with E-state index in [1.54, 1.807) is 0 Å². The van der Waals surface area contributed by atoms with Gasteiger partial charge in [0.25, 0.3) is 0 Å². The van der Waals surface area contributed by atoms with Crippen molar-refractivity contribution in [3.8, 4) is 0 Å². The smallest absolute Gasteiger partial charge is 0.137 e. The molecule has 0 spiro atoms. The first-order chi connectivity index (χ1) is 8.13. The van der Waals surface area contributed by atoms with Gasteiger partial charge < -0.3 is 5.73 Å². The first-order valence-corrected chi connectivity index (χ1v) is 6.17. The van der Waals surface area contributed by atoms with Crippen molar-refractivity contribution in [2.75, 3.05) is 6.54 Å². The molecule has 0 atom stereocenters. The summed E-state index contributed by atoms with van der Waals surface area (Å²) in [6, 6.07) is 4.09. The fourth-order valence-corrected chi connectivity index (χ4v) is 1.81. The number of unbranched alkanes of at least 4 members (excludes halogenated alkanes) is 2. The van der Waals surface area contributed by atoms with Gasteiger partial charge >= 0.3 is 0 Å². The quantitative estimate of drug-likeness (QED) is 0.763. The summed E-state index contributed by atoms with van der Waals surface area (Å²) in [6.07, 6.45) is 3.45. The molecule has 0 heterocycles. The number of carbonyl (C=O) groups is 1. The minimum atomic E-state index is -0.361. The zero-order valence-corrected chi connectivity index (χ0v) is 10.5. The van der Waals surface area contributed by atoms with Crippen LogP contribution < -0.4 is 5.73 Å². The summed E-state index contributed by atoms with van der Waals surface area (Å²) in [5.74, 6) is -0.269. The van der Waals surface area contributed by atoms with E-state index in [0.29, 0.717) is 23.6 Å². The predicted octanol–water partition coefficient (Wildman–Crippen LogP) is 3.11. The molecule has 0 radical (unpaired) electrons. The second-order valence-electron chi connectivity index (χ2n) is 4.05. The Kier molecular flexibility index (Phi) is 6.16. The normalized spacial score (nSPS) is 10.5. The molecule has 0 amide bonds. The molecule has 4 heteroatoms. The number of Topliss-reactive ketones (excluding diaryl/α,β-unsaturated/α-hetero) is 1. The fourth-order valence-electron chi connectivity index (χ4n) is 1.62. The third kappa shape index (κ3) is 5.29. The van der Waals surface area contributed by atoms with E-state index in [-0.39, 0.29) is 18.0 Å². The van der Waals surface area contributed by atoms with Gasteiger partial charge in [0.2, 0.25) is 0 Å². The van der Waals surface area contributed by atoms with Crippen molar-refractivity contribution in [1.29, 1.82) is 0 Å². The summed E-state index contributed by atoms with van der Waals surface area (Å²) in [4.78, 5) is 11.6. The maximum absolute atomic E-state index is 13.0. The predicted molar refractivity (Wildman–Crippen MR) is 67.6 cm³/mol.